The van der Waals surface area contributed by atoms with Crippen molar-refractivity contribution >= 4 is 15.7 Å². The summed E-state index contributed by atoms with van der Waals surface area (Å²) in [5, 5.41) is -0.0139. The zero-order valence-corrected chi connectivity index (χ0v) is 13.3. The molecular formula is C14H19N3O3S. The van der Waals surface area contributed by atoms with Crippen LogP contribution in [-0.2, 0) is 17.1 Å². The molecule has 0 aliphatic rings. The highest BCUT2D eigenvalue weighted by Crippen LogP contribution is 2.22. The summed E-state index contributed by atoms with van der Waals surface area (Å²) in [6, 6.07) is 6.76. The fourth-order valence-electron chi connectivity index (χ4n) is 1.68. The highest BCUT2D eigenvalue weighted by Gasteiger charge is 2.17. The maximum absolute atomic E-state index is 12.1. The predicted octanol–water partition coefficient (Wildman–Crippen LogP) is 2.40. The van der Waals surface area contributed by atoms with Crippen molar-refractivity contribution in [3.05, 3.63) is 36.8 Å². The van der Waals surface area contributed by atoms with Crippen LogP contribution in [0.3, 0.4) is 0 Å². The van der Waals surface area contributed by atoms with Crippen LogP contribution in [0.25, 0.3) is 0 Å². The molecule has 0 atom stereocenters. The van der Waals surface area contributed by atoms with Gasteiger partial charge in [-0.05, 0) is 45.0 Å². The Morgan fingerprint density at radius 1 is 1.19 bits per heavy atom. The molecule has 2 rings (SSSR count). The number of anilines is 1. The monoisotopic (exact) mass is 309 g/mol. The van der Waals surface area contributed by atoms with Crippen molar-refractivity contribution in [2.45, 2.75) is 31.4 Å². The zero-order chi connectivity index (χ0) is 15.7. The van der Waals surface area contributed by atoms with Crippen LogP contribution >= 0.6 is 0 Å². The maximum Gasteiger partial charge on any atom is 0.280 e. The predicted molar refractivity (Wildman–Crippen MR) is 80.8 cm³/mol. The lowest BCUT2D eigenvalue weighted by molar-refractivity contribution is 0.131. The summed E-state index contributed by atoms with van der Waals surface area (Å²) in [5.41, 5.74) is 0.163. The van der Waals surface area contributed by atoms with Gasteiger partial charge in [0.1, 0.15) is 11.4 Å². The number of hydrogen-bond donors (Lipinski definition) is 1. The zero-order valence-electron chi connectivity index (χ0n) is 12.5. The molecule has 7 heteroatoms. The van der Waals surface area contributed by atoms with Gasteiger partial charge in [-0.15, -0.1) is 0 Å². The van der Waals surface area contributed by atoms with Crippen molar-refractivity contribution in [3.63, 3.8) is 0 Å². The summed E-state index contributed by atoms with van der Waals surface area (Å²) in [6.07, 6.45) is 2.88. The molecule has 2 aromatic rings. The van der Waals surface area contributed by atoms with Gasteiger partial charge < -0.3 is 9.30 Å². The first-order valence-corrected chi connectivity index (χ1v) is 7.94. The Morgan fingerprint density at radius 3 is 2.29 bits per heavy atom. The Hall–Kier alpha value is -2.02. The Morgan fingerprint density at radius 2 is 1.81 bits per heavy atom. The molecule has 1 aromatic heterocycles. The summed E-state index contributed by atoms with van der Waals surface area (Å²) in [6.45, 7) is 5.85. The van der Waals surface area contributed by atoms with Gasteiger partial charge in [-0.2, -0.15) is 8.42 Å². The molecule has 21 heavy (non-hydrogen) atoms. The minimum Gasteiger partial charge on any atom is -0.488 e. The third-order valence-corrected chi connectivity index (χ3v) is 3.75. The van der Waals surface area contributed by atoms with Crippen LogP contribution in [0.2, 0.25) is 0 Å². The van der Waals surface area contributed by atoms with Crippen LogP contribution in [-0.4, -0.2) is 23.6 Å². The Balaban J connectivity index is 2.13. The summed E-state index contributed by atoms with van der Waals surface area (Å²) in [7, 11) is -1.95. The lowest BCUT2D eigenvalue weighted by Crippen LogP contribution is -2.22. The van der Waals surface area contributed by atoms with Crippen LogP contribution in [0.1, 0.15) is 20.8 Å². The van der Waals surface area contributed by atoms with E-state index in [9.17, 15) is 8.42 Å². The number of benzene rings is 1. The number of imidazole rings is 1. The van der Waals surface area contributed by atoms with E-state index in [0.717, 1.165) is 0 Å². The average Bonchev–Trinajstić information content (AvgIpc) is 2.77. The Bertz CT molecular complexity index is 713. The average molecular weight is 309 g/mol. The number of aromatic nitrogens is 2. The lowest BCUT2D eigenvalue weighted by atomic mass is 10.2. The molecule has 0 amide bonds. The van der Waals surface area contributed by atoms with Gasteiger partial charge in [0.15, 0.2) is 5.03 Å². The quantitative estimate of drug-likeness (QED) is 0.941. The molecule has 0 unspecified atom stereocenters. The van der Waals surface area contributed by atoms with Gasteiger partial charge >= 0.3 is 0 Å². The molecule has 0 aliphatic carbocycles. The first-order chi connectivity index (χ1) is 9.66. The van der Waals surface area contributed by atoms with Gasteiger partial charge in [-0.3, -0.25) is 4.72 Å². The molecule has 0 bridgehead atoms. The van der Waals surface area contributed by atoms with E-state index in [0.29, 0.717) is 11.4 Å². The first-order valence-electron chi connectivity index (χ1n) is 6.46. The van der Waals surface area contributed by atoms with Crippen molar-refractivity contribution < 1.29 is 13.2 Å². The third-order valence-electron chi connectivity index (χ3n) is 2.49. The topological polar surface area (TPSA) is 73.2 Å². The smallest absolute Gasteiger partial charge is 0.280 e. The summed E-state index contributed by atoms with van der Waals surface area (Å²) >= 11 is 0. The fraction of sp³-hybridized carbons (Fsp3) is 0.357. The minimum absolute atomic E-state index is 0.0139. The molecule has 1 heterocycles. The van der Waals surface area contributed by atoms with Crippen molar-refractivity contribution in [2.75, 3.05) is 4.72 Å². The van der Waals surface area contributed by atoms with Crippen molar-refractivity contribution in [1.82, 2.24) is 9.55 Å². The molecule has 6 nitrogen and oxygen atoms in total. The molecule has 1 N–H and O–H groups in total. The molecule has 114 valence electrons. The Kier molecular flexibility index (Phi) is 3.95. The molecule has 0 fully saturated rings. The van der Waals surface area contributed by atoms with Gasteiger partial charge in [-0.1, -0.05) is 0 Å². The molecule has 0 saturated carbocycles. The second-order valence-electron chi connectivity index (χ2n) is 5.72. The second-order valence-corrected chi connectivity index (χ2v) is 7.35. The molecular weight excluding hydrogens is 290 g/mol. The van der Waals surface area contributed by atoms with Crippen LogP contribution < -0.4 is 9.46 Å². The SMILES string of the molecule is Cn1cnc(S(=O)(=O)Nc2ccc(OC(C)(C)C)cc2)c1. The largest absolute Gasteiger partial charge is 0.488 e. The van der Waals surface area contributed by atoms with Crippen LogP contribution in [0.5, 0.6) is 5.75 Å². The number of rotatable bonds is 4. The number of hydrogen-bond acceptors (Lipinski definition) is 4. The van der Waals surface area contributed by atoms with E-state index >= 15 is 0 Å². The second kappa shape index (κ2) is 5.40. The first kappa shape index (κ1) is 15.4. The van der Waals surface area contributed by atoms with Gasteiger partial charge in [0.2, 0.25) is 0 Å². The lowest BCUT2D eigenvalue weighted by Gasteiger charge is -2.21. The number of aryl methyl sites for hydroxylation is 1. The van der Waals surface area contributed by atoms with Gasteiger partial charge in [0.25, 0.3) is 10.0 Å². The van der Waals surface area contributed by atoms with E-state index < -0.39 is 10.0 Å². The van der Waals surface area contributed by atoms with E-state index in [2.05, 4.69) is 9.71 Å². The normalized spacial score (nSPS) is 12.2. The highest BCUT2D eigenvalue weighted by molar-refractivity contribution is 7.92. The molecule has 0 spiro atoms. The maximum atomic E-state index is 12.1. The van der Waals surface area contributed by atoms with Gasteiger partial charge in [-0.25, -0.2) is 4.98 Å². The van der Waals surface area contributed by atoms with Crippen molar-refractivity contribution in [3.8, 4) is 5.75 Å². The van der Waals surface area contributed by atoms with Crippen molar-refractivity contribution in [1.29, 1.82) is 0 Å². The van der Waals surface area contributed by atoms with Gasteiger partial charge in [0, 0.05) is 18.9 Å². The van der Waals surface area contributed by atoms with E-state index in [1.165, 1.54) is 12.5 Å². The van der Waals surface area contributed by atoms with Crippen LogP contribution in [0.4, 0.5) is 5.69 Å². The number of nitrogens with zero attached hydrogens (tertiary/aromatic N) is 2. The van der Waals surface area contributed by atoms with Crippen LogP contribution in [0, 0.1) is 0 Å². The highest BCUT2D eigenvalue weighted by atomic mass is 32.2. The number of nitrogens with one attached hydrogen (secondary N) is 1. The fourth-order valence-corrected chi connectivity index (χ4v) is 2.72. The third kappa shape index (κ3) is 4.22. The summed E-state index contributed by atoms with van der Waals surface area (Å²) in [5.74, 6) is 0.684. The minimum atomic E-state index is -3.66. The molecule has 0 saturated heterocycles. The molecule has 1 aromatic carbocycles. The Labute approximate surface area is 124 Å². The summed E-state index contributed by atoms with van der Waals surface area (Å²) in [4.78, 5) is 3.84. The van der Waals surface area contributed by atoms with Gasteiger partial charge in [0.05, 0.1) is 6.33 Å². The molecule has 0 radical (unpaired) electrons. The standard InChI is InChI=1S/C14H19N3O3S/c1-14(2,3)20-12-7-5-11(6-8-12)16-21(18,19)13-9-17(4)10-15-13/h5-10,16H,1-4H3. The number of ether oxygens (including phenoxy) is 1. The van der Waals surface area contributed by atoms with E-state index in [1.807, 2.05) is 20.8 Å². The van der Waals surface area contributed by atoms with E-state index in [-0.39, 0.29) is 10.6 Å². The number of sulfonamides is 1. The van der Waals surface area contributed by atoms with E-state index in [1.54, 1.807) is 35.9 Å². The van der Waals surface area contributed by atoms with Crippen molar-refractivity contribution in [2.24, 2.45) is 7.05 Å². The molecule has 0 aliphatic heterocycles. The summed E-state index contributed by atoms with van der Waals surface area (Å²) < 4.78 is 34.0. The van der Waals surface area contributed by atoms with E-state index in [4.69, 9.17) is 4.74 Å². The van der Waals surface area contributed by atoms with Crippen LogP contribution in [0.15, 0.2) is 41.8 Å².